The van der Waals surface area contributed by atoms with Crippen molar-refractivity contribution in [3.63, 3.8) is 0 Å². The first-order chi connectivity index (χ1) is 15.6. The number of nitro groups is 1. The summed E-state index contributed by atoms with van der Waals surface area (Å²) in [6.45, 7) is 1.62. The minimum absolute atomic E-state index is 0.00155. The molecule has 0 spiro atoms. The van der Waals surface area contributed by atoms with Gasteiger partial charge in [-0.2, -0.15) is 4.98 Å². The number of hydrogen-bond donors (Lipinski definition) is 0. The maximum Gasteiger partial charge on any atom is 0.270 e. The highest BCUT2D eigenvalue weighted by molar-refractivity contribution is 5.86. The molecule has 162 valence electrons. The van der Waals surface area contributed by atoms with E-state index in [1.165, 1.54) is 12.1 Å². The van der Waals surface area contributed by atoms with Gasteiger partial charge in [-0.15, -0.1) is 0 Å². The summed E-state index contributed by atoms with van der Waals surface area (Å²) in [5, 5.41) is 16.1. The molecule has 0 unspecified atom stereocenters. The lowest BCUT2D eigenvalue weighted by Gasteiger charge is -2.31. The number of hydrogen-bond acceptors (Lipinski definition) is 8. The fraction of sp³-hybridized carbons (Fsp3) is 0.261. The van der Waals surface area contributed by atoms with Gasteiger partial charge in [0.2, 0.25) is 11.7 Å². The Labute approximate surface area is 183 Å². The topological polar surface area (TPSA) is 107 Å². The van der Waals surface area contributed by atoms with Crippen LogP contribution in [-0.2, 0) is 0 Å². The van der Waals surface area contributed by atoms with E-state index < -0.39 is 4.92 Å². The van der Waals surface area contributed by atoms with Crippen LogP contribution in [0, 0.1) is 10.1 Å². The lowest BCUT2D eigenvalue weighted by atomic mass is 9.96. The van der Waals surface area contributed by atoms with Crippen LogP contribution in [0.3, 0.4) is 0 Å². The number of anilines is 1. The number of benzene rings is 2. The van der Waals surface area contributed by atoms with Gasteiger partial charge in [-0.1, -0.05) is 29.4 Å². The molecular weight excluding hydrogens is 410 g/mol. The summed E-state index contributed by atoms with van der Waals surface area (Å²) < 4.78 is 11.0. The maximum atomic E-state index is 11.0. The lowest BCUT2D eigenvalue weighted by molar-refractivity contribution is -0.384. The molecule has 2 aromatic carbocycles. The van der Waals surface area contributed by atoms with Crippen molar-refractivity contribution in [1.29, 1.82) is 0 Å². The minimum Gasteiger partial charge on any atom is -0.494 e. The predicted octanol–water partition coefficient (Wildman–Crippen LogP) is 4.59. The highest BCUT2D eigenvalue weighted by atomic mass is 16.6. The Kier molecular flexibility index (Phi) is 5.14. The Bertz CT molecular complexity index is 1280. The molecule has 5 rings (SSSR count). The SMILES string of the molecule is COc1cccc2ccc(N3CCC(c4nc(-c5cccc([N+](=O)[O-])c5)no4)CC3)nc12. The van der Waals surface area contributed by atoms with Crippen LogP contribution in [0.1, 0.15) is 24.7 Å². The van der Waals surface area contributed by atoms with Crippen molar-refractivity contribution in [2.24, 2.45) is 0 Å². The number of piperidine rings is 1. The second kappa shape index (κ2) is 8.26. The van der Waals surface area contributed by atoms with Crippen LogP contribution >= 0.6 is 0 Å². The molecule has 1 saturated heterocycles. The number of methoxy groups -OCH3 is 1. The molecule has 32 heavy (non-hydrogen) atoms. The van der Waals surface area contributed by atoms with Crippen LogP contribution in [0.2, 0.25) is 0 Å². The van der Waals surface area contributed by atoms with E-state index >= 15 is 0 Å². The van der Waals surface area contributed by atoms with Crippen molar-refractivity contribution < 1.29 is 14.2 Å². The van der Waals surface area contributed by atoms with Crippen molar-refractivity contribution in [3.8, 4) is 17.1 Å². The van der Waals surface area contributed by atoms with Gasteiger partial charge in [0.1, 0.15) is 17.1 Å². The summed E-state index contributed by atoms with van der Waals surface area (Å²) in [7, 11) is 1.65. The highest BCUT2D eigenvalue weighted by Gasteiger charge is 2.26. The monoisotopic (exact) mass is 431 g/mol. The van der Waals surface area contributed by atoms with Gasteiger partial charge in [0, 0.05) is 42.1 Å². The maximum absolute atomic E-state index is 11.0. The average Bonchev–Trinajstić information content (AvgIpc) is 3.34. The van der Waals surface area contributed by atoms with Crippen LogP contribution in [0.15, 0.2) is 59.1 Å². The molecule has 0 radical (unpaired) electrons. The quantitative estimate of drug-likeness (QED) is 0.334. The molecular formula is C23H21N5O4. The van der Waals surface area contributed by atoms with Crippen molar-refractivity contribution in [3.05, 3.63) is 70.6 Å². The first kappa shape index (κ1) is 19.9. The van der Waals surface area contributed by atoms with Crippen LogP contribution in [0.4, 0.5) is 11.5 Å². The minimum atomic E-state index is -0.434. The standard InChI is InChI=1S/C23H21N5O4/c1-31-19-7-3-4-15-8-9-20(24-21(15)19)27-12-10-16(11-13-27)23-25-22(26-32-23)17-5-2-6-18(14-17)28(29)30/h2-9,14,16H,10-13H2,1H3. The fourth-order valence-electron chi connectivity index (χ4n) is 4.08. The van der Waals surface area contributed by atoms with Crippen molar-refractivity contribution in [1.82, 2.24) is 15.1 Å². The number of ether oxygens (including phenoxy) is 1. The lowest BCUT2D eigenvalue weighted by Crippen LogP contribution is -2.33. The summed E-state index contributed by atoms with van der Waals surface area (Å²) in [4.78, 5) is 22.2. The summed E-state index contributed by atoms with van der Waals surface area (Å²) in [5.41, 5.74) is 1.43. The average molecular weight is 431 g/mol. The highest BCUT2D eigenvalue weighted by Crippen LogP contribution is 2.32. The van der Waals surface area contributed by atoms with E-state index in [1.54, 1.807) is 19.2 Å². The largest absolute Gasteiger partial charge is 0.494 e. The third-order valence-corrected chi connectivity index (χ3v) is 5.81. The second-order valence-corrected chi connectivity index (χ2v) is 7.73. The van der Waals surface area contributed by atoms with Crippen LogP contribution in [-0.4, -0.2) is 40.2 Å². The van der Waals surface area contributed by atoms with Gasteiger partial charge < -0.3 is 14.2 Å². The number of rotatable bonds is 5. The molecule has 9 heteroatoms. The Morgan fingerprint density at radius 3 is 2.69 bits per heavy atom. The molecule has 0 saturated carbocycles. The van der Waals surface area contributed by atoms with Crippen LogP contribution in [0.25, 0.3) is 22.3 Å². The first-order valence-electron chi connectivity index (χ1n) is 10.4. The molecule has 1 fully saturated rings. The number of pyridine rings is 1. The van der Waals surface area contributed by atoms with Gasteiger partial charge in [0.05, 0.1) is 12.0 Å². The molecule has 1 aliphatic heterocycles. The first-order valence-corrected chi connectivity index (χ1v) is 10.4. The van der Waals surface area contributed by atoms with E-state index in [2.05, 4.69) is 21.1 Å². The summed E-state index contributed by atoms with van der Waals surface area (Å²) in [5.74, 6) is 2.76. The predicted molar refractivity (Wildman–Crippen MR) is 119 cm³/mol. The van der Waals surface area contributed by atoms with Gasteiger partial charge in [-0.25, -0.2) is 4.98 Å². The summed E-state index contributed by atoms with van der Waals surface area (Å²) >= 11 is 0. The number of aromatic nitrogens is 3. The van der Waals surface area contributed by atoms with Gasteiger partial charge in [0.15, 0.2) is 0 Å². The molecule has 1 aliphatic rings. The van der Waals surface area contributed by atoms with E-state index in [-0.39, 0.29) is 11.6 Å². The fourth-order valence-corrected chi connectivity index (χ4v) is 4.08. The molecule has 0 N–H and O–H groups in total. The normalized spacial score (nSPS) is 14.6. The molecule has 3 heterocycles. The smallest absolute Gasteiger partial charge is 0.270 e. The van der Waals surface area contributed by atoms with E-state index in [1.807, 2.05) is 24.3 Å². The van der Waals surface area contributed by atoms with Gasteiger partial charge in [0.25, 0.3) is 5.69 Å². The van der Waals surface area contributed by atoms with Crippen LogP contribution in [0.5, 0.6) is 5.75 Å². The third-order valence-electron chi connectivity index (χ3n) is 5.81. The second-order valence-electron chi connectivity index (χ2n) is 7.73. The van der Waals surface area contributed by atoms with Gasteiger partial charge in [-0.3, -0.25) is 10.1 Å². The molecule has 0 amide bonds. The number of nitrogens with zero attached hydrogens (tertiary/aromatic N) is 5. The molecule has 4 aromatic rings. The Hall–Kier alpha value is -4.01. The van der Waals surface area contributed by atoms with Crippen LogP contribution < -0.4 is 9.64 Å². The van der Waals surface area contributed by atoms with Gasteiger partial charge >= 0.3 is 0 Å². The molecule has 0 atom stereocenters. The zero-order valence-corrected chi connectivity index (χ0v) is 17.5. The number of nitro benzene ring substituents is 1. The molecule has 0 aliphatic carbocycles. The van der Waals surface area contributed by atoms with E-state index in [4.69, 9.17) is 14.2 Å². The number of para-hydroxylation sites is 1. The van der Waals surface area contributed by atoms with Crippen molar-refractivity contribution in [2.75, 3.05) is 25.1 Å². The number of non-ortho nitro benzene ring substituents is 1. The molecule has 9 nitrogen and oxygen atoms in total. The van der Waals surface area contributed by atoms with Crippen molar-refractivity contribution >= 4 is 22.4 Å². The Morgan fingerprint density at radius 2 is 1.91 bits per heavy atom. The third kappa shape index (κ3) is 3.73. The molecule has 0 bridgehead atoms. The van der Waals surface area contributed by atoms with Crippen molar-refractivity contribution in [2.45, 2.75) is 18.8 Å². The van der Waals surface area contributed by atoms with E-state index in [9.17, 15) is 10.1 Å². The zero-order chi connectivity index (χ0) is 22.1. The Morgan fingerprint density at radius 1 is 1.09 bits per heavy atom. The van der Waals surface area contributed by atoms with E-state index in [0.29, 0.717) is 17.3 Å². The molecule has 2 aromatic heterocycles. The summed E-state index contributed by atoms with van der Waals surface area (Å²) in [6, 6.07) is 16.3. The zero-order valence-electron chi connectivity index (χ0n) is 17.5. The van der Waals surface area contributed by atoms with E-state index in [0.717, 1.165) is 48.4 Å². The summed E-state index contributed by atoms with van der Waals surface area (Å²) in [6.07, 6.45) is 1.70. The Balaban J connectivity index is 1.30. The van der Waals surface area contributed by atoms with Gasteiger partial charge in [-0.05, 0) is 31.0 Å². The number of fused-ring (bicyclic) bond motifs is 1.